The fraction of sp³-hybridized carbons (Fsp3) is 1.00. The summed E-state index contributed by atoms with van der Waals surface area (Å²) in [5.74, 6) is 0. The largest absolute Gasteiger partial charge is 0.380 e. The molecular weight excluding hydrogens is 204 g/mol. The third-order valence-electron chi connectivity index (χ3n) is 3.62. The zero-order valence-corrected chi connectivity index (χ0v) is 11.2. The van der Waals surface area contributed by atoms with Gasteiger partial charge in [-0.2, -0.15) is 0 Å². The van der Waals surface area contributed by atoms with Crippen molar-refractivity contribution in [3.8, 4) is 0 Å². The Kier molecular flexibility index (Phi) is 5.22. The third kappa shape index (κ3) is 3.44. The Morgan fingerprint density at radius 3 is 2.31 bits per heavy atom. The summed E-state index contributed by atoms with van der Waals surface area (Å²) < 4.78 is 16.8. The average Bonchev–Trinajstić information content (AvgIpc) is 2.23. The van der Waals surface area contributed by atoms with Gasteiger partial charge >= 0.3 is 0 Å². The van der Waals surface area contributed by atoms with Crippen molar-refractivity contribution in [2.75, 3.05) is 33.0 Å². The smallest absolute Gasteiger partial charge is 0.0884 e. The first-order chi connectivity index (χ1) is 7.60. The topological polar surface area (TPSA) is 27.7 Å². The Morgan fingerprint density at radius 2 is 1.94 bits per heavy atom. The highest BCUT2D eigenvalue weighted by Gasteiger charge is 2.37. The predicted molar refractivity (Wildman–Crippen MR) is 64.7 cm³/mol. The van der Waals surface area contributed by atoms with Gasteiger partial charge in [0.05, 0.1) is 32.0 Å². The summed E-state index contributed by atoms with van der Waals surface area (Å²) in [5, 5.41) is 0. The van der Waals surface area contributed by atoms with E-state index < -0.39 is 0 Å². The lowest BCUT2D eigenvalue weighted by Gasteiger charge is -2.41. The second-order valence-corrected chi connectivity index (χ2v) is 5.08. The summed E-state index contributed by atoms with van der Waals surface area (Å²) in [6, 6.07) is 0. The fourth-order valence-electron chi connectivity index (χ4n) is 1.86. The molecule has 0 aromatic heterocycles. The first-order valence-electron chi connectivity index (χ1n) is 6.39. The monoisotopic (exact) mass is 230 g/mol. The molecule has 96 valence electrons. The van der Waals surface area contributed by atoms with Gasteiger partial charge in [-0.15, -0.1) is 0 Å². The summed E-state index contributed by atoms with van der Waals surface area (Å²) in [5.41, 5.74) is 0.148. The molecule has 16 heavy (non-hydrogen) atoms. The molecule has 1 aliphatic heterocycles. The van der Waals surface area contributed by atoms with Gasteiger partial charge in [-0.25, -0.2) is 0 Å². The van der Waals surface area contributed by atoms with Crippen LogP contribution in [0.5, 0.6) is 0 Å². The SMILES string of the molecule is CCOC(C)(CC)COCC1(CC)COC1. The van der Waals surface area contributed by atoms with Crippen LogP contribution in [0.2, 0.25) is 0 Å². The molecule has 0 bridgehead atoms. The molecule has 0 N–H and O–H groups in total. The van der Waals surface area contributed by atoms with Crippen molar-refractivity contribution in [3.05, 3.63) is 0 Å². The van der Waals surface area contributed by atoms with Crippen LogP contribution in [-0.2, 0) is 14.2 Å². The van der Waals surface area contributed by atoms with E-state index in [2.05, 4.69) is 20.8 Å². The van der Waals surface area contributed by atoms with Crippen molar-refractivity contribution >= 4 is 0 Å². The van der Waals surface area contributed by atoms with Gasteiger partial charge < -0.3 is 14.2 Å². The minimum absolute atomic E-state index is 0.131. The lowest BCUT2D eigenvalue weighted by molar-refractivity contribution is -0.168. The highest BCUT2D eigenvalue weighted by atomic mass is 16.5. The van der Waals surface area contributed by atoms with Gasteiger partial charge in [0.15, 0.2) is 0 Å². The van der Waals surface area contributed by atoms with E-state index >= 15 is 0 Å². The van der Waals surface area contributed by atoms with Crippen molar-refractivity contribution in [2.24, 2.45) is 5.41 Å². The maximum absolute atomic E-state index is 5.84. The van der Waals surface area contributed by atoms with Crippen molar-refractivity contribution in [1.29, 1.82) is 0 Å². The molecule has 0 amide bonds. The molecule has 0 radical (unpaired) electrons. The molecule has 3 heteroatoms. The molecule has 1 rings (SSSR count). The standard InChI is InChI=1S/C13H26O3/c1-5-12(4,16-7-3)8-14-9-13(6-2)10-15-11-13/h5-11H2,1-4H3. The first-order valence-corrected chi connectivity index (χ1v) is 6.39. The molecule has 1 fully saturated rings. The second kappa shape index (κ2) is 5.99. The zero-order chi connectivity index (χ0) is 12.1. The summed E-state index contributed by atoms with van der Waals surface area (Å²) in [4.78, 5) is 0. The van der Waals surface area contributed by atoms with Crippen molar-refractivity contribution in [3.63, 3.8) is 0 Å². The molecule has 3 nitrogen and oxygen atoms in total. The number of ether oxygens (including phenoxy) is 3. The normalized spacial score (nSPS) is 22.5. The molecule has 1 aliphatic rings. The van der Waals surface area contributed by atoms with Gasteiger partial charge in [0.2, 0.25) is 0 Å². The van der Waals surface area contributed by atoms with Crippen LogP contribution >= 0.6 is 0 Å². The van der Waals surface area contributed by atoms with Gasteiger partial charge in [0.1, 0.15) is 0 Å². The van der Waals surface area contributed by atoms with Crippen LogP contribution in [0.3, 0.4) is 0 Å². The van der Waals surface area contributed by atoms with Gasteiger partial charge in [0, 0.05) is 12.0 Å². The van der Waals surface area contributed by atoms with Crippen LogP contribution in [0.15, 0.2) is 0 Å². The molecule has 0 spiro atoms. The van der Waals surface area contributed by atoms with Crippen LogP contribution in [0.1, 0.15) is 40.5 Å². The van der Waals surface area contributed by atoms with Gasteiger partial charge in [-0.05, 0) is 26.7 Å². The zero-order valence-electron chi connectivity index (χ0n) is 11.2. The van der Waals surface area contributed by atoms with Gasteiger partial charge in [0.25, 0.3) is 0 Å². The van der Waals surface area contributed by atoms with Gasteiger partial charge in [-0.3, -0.25) is 0 Å². The Hall–Kier alpha value is -0.120. The maximum Gasteiger partial charge on any atom is 0.0884 e. The summed E-state index contributed by atoms with van der Waals surface area (Å²) in [7, 11) is 0. The van der Waals surface area contributed by atoms with Crippen LogP contribution in [-0.4, -0.2) is 38.6 Å². The Bertz CT molecular complexity index is 196. The molecule has 1 unspecified atom stereocenters. The van der Waals surface area contributed by atoms with E-state index in [4.69, 9.17) is 14.2 Å². The van der Waals surface area contributed by atoms with Crippen molar-refractivity contribution < 1.29 is 14.2 Å². The lowest BCUT2D eigenvalue weighted by Crippen LogP contribution is -2.47. The van der Waals surface area contributed by atoms with Gasteiger partial charge in [-0.1, -0.05) is 13.8 Å². The van der Waals surface area contributed by atoms with E-state index in [1.807, 2.05) is 6.92 Å². The molecular formula is C13H26O3. The van der Waals surface area contributed by atoms with Crippen LogP contribution in [0.25, 0.3) is 0 Å². The average molecular weight is 230 g/mol. The molecule has 1 atom stereocenters. The fourth-order valence-corrected chi connectivity index (χ4v) is 1.86. The molecule has 0 aromatic carbocycles. The van der Waals surface area contributed by atoms with Crippen molar-refractivity contribution in [1.82, 2.24) is 0 Å². The maximum atomic E-state index is 5.84. The lowest BCUT2D eigenvalue weighted by atomic mass is 9.84. The van der Waals surface area contributed by atoms with E-state index in [1.54, 1.807) is 0 Å². The quantitative estimate of drug-likeness (QED) is 0.641. The van der Waals surface area contributed by atoms with E-state index in [1.165, 1.54) is 0 Å². The summed E-state index contributed by atoms with van der Waals surface area (Å²) >= 11 is 0. The molecule has 0 saturated carbocycles. The molecule has 0 aromatic rings. The summed E-state index contributed by atoms with van der Waals surface area (Å²) in [6.45, 7) is 12.4. The predicted octanol–water partition coefficient (Wildman–Crippen LogP) is 2.63. The molecule has 1 saturated heterocycles. The Balaban J connectivity index is 2.27. The third-order valence-corrected chi connectivity index (χ3v) is 3.62. The second-order valence-electron chi connectivity index (χ2n) is 5.08. The minimum Gasteiger partial charge on any atom is -0.380 e. The van der Waals surface area contributed by atoms with E-state index in [-0.39, 0.29) is 11.0 Å². The van der Waals surface area contributed by atoms with E-state index in [9.17, 15) is 0 Å². The number of rotatable bonds is 8. The van der Waals surface area contributed by atoms with Crippen molar-refractivity contribution in [2.45, 2.75) is 46.1 Å². The van der Waals surface area contributed by atoms with Crippen LogP contribution in [0, 0.1) is 5.41 Å². The minimum atomic E-state index is -0.131. The highest BCUT2D eigenvalue weighted by molar-refractivity contribution is 4.84. The summed E-state index contributed by atoms with van der Waals surface area (Å²) in [6.07, 6.45) is 2.11. The number of hydrogen-bond acceptors (Lipinski definition) is 3. The van der Waals surface area contributed by atoms with E-state index in [0.717, 1.165) is 39.3 Å². The van der Waals surface area contributed by atoms with Crippen LogP contribution < -0.4 is 0 Å². The Labute approximate surface area is 99.5 Å². The number of hydrogen-bond donors (Lipinski definition) is 0. The molecule has 1 heterocycles. The molecule has 0 aliphatic carbocycles. The van der Waals surface area contributed by atoms with Crippen LogP contribution in [0.4, 0.5) is 0 Å². The first kappa shape index (κ1) is 13.9. The van der Waals surface area contributed by atoms with E-state index in [0.29, 0.717) is 6.61 Å². The highest BCUT2D eigenvalue weighted by Crippen LogP contribution is 2.31. The Morgan fingerprint density at radius 1 is 1.25 bits per heavy atom.